The molecule has 0 aromatic carbocycles. The van der Waals surface area contributed by atoms with Gasteiger partial charge in [0.1, 0.15) is 19.3 Å². The van der Waals surface area contributed by atoms with Gasteiger partial charge in [-0.1, -0.05) is 226 Å². The molecule has 0 aromatic rings. The minimum Gasteiger partial charge on any atom is -0.456 e. The van der Waals surface area contributed by atoms with Gasteiger partial charge in [-0.25, -0.2) is 4.57 Å². The molecule has 0 bridgehead atoms. The smallest absolute Gasteiger partial charge is 0.456 e. The molecule has 3 atom stereocenters. The first-order valence-electron chi connectivity index (χ1n) is 28.4. The van der Waals surface area contributed by atoms with Gasteiger partial charge in [0.2, 0.25) is 5.91 Å². The molecule has 410 valence electrons. The van der Waals surface area contributed by atoms with Gasteiger partial charge in [-0.15, -0.1) is 0 Å². The van der Waals surface area contributed by atoms with E-state index in [0.29, 0.717) is 23.9 Å². The number of hydrogen-bond donors (Lipinski definition) is 2. The summed E-state index contributed by atoms with van der Waals surface area (Å²) in [5, 5.41) is 3.02. The minimum absolute atomic E-state index is 0.0209. The van der Waals surface area contributed by atoms with Crippen molar-refractivity contribution in [3.8, 4) is 0 Å². The van der Waals surface area contributed by atoms with E-state index in [1.165, 1.54) is 77.0 Å². The maximum atomic E-state index is 13.5. The van der Waals surface area contributed by atoms with Crippen molar-refractivity contribution in [2.24, 2.45) is 0 Å². The second kappa shape index (κ2) is 50.9. The highest BCUT2D eigenvalue weighted by molar-refractivity contribution is 7.47. The van der Waals surface area contributed by atoms with Crippen molar-refractivity contribution in [2.45, 2.75) is 219 Å². The molecule has 10 heteroatoms. The van der Waals surface area contributed by atoms with Crippen molar-refractivity contribution in [1.82, 2.24) is 5.32 Å². The van der Waals surface area contributed by atoms with Gasteiger partial charge in [-0.2, -0.15) is 0 Å². The Bertz CT molecular complexity index is 1650. The van der Waals surface area contributed by atoms with Gasteiger partial charge in [0.05, 0.1) is 33.8 Å². The average Bonchev–Trinajstić information content (AvgIpc) is 3.34. The average molecular weight is 1020 g/mol. The molecule has 0 spiro atoms. The molecular formula is C62H106N2O7P+. The van der Waals surface area contributed by atoms with Crippen LogP contribution in [0.25, 0.3) is 0 Å². The largest absolute Gasteiger partial charge is 0.472 e. The topological polar surface area (TPSA) is 111 Å². The van der Waals surface area contributed by atoms with E-state index >= 15 is 0 Å². The van der Waals surface area contributed by atoms with E-state index in [1.807, 2.05) is 94.1 Å². The Morgan fingerprint density at radius 3 is 1.50 bits per heavy atom. The summed E-state index contributed by atoms with van der Waals surface area (Å²) in [6, 6.07) is -0.886. The van der Waals surface area contributed by atoms with E-state index in [4.69, 9.17) is 13.8 Å². The zero-order chi connectivity index (χ0) is 52.9. The maximum Gasteiger partial charge on any atom is 0.472 e. The number of amides is 1. The van der Waals surface area contributed by atoms with E-state index in [0.717, 1.165) is 83.5 Å². The van der Waals surface area contributed by atoms with Crippen LogP contribution < -0.4 is 5.32 Å². The standard InChI is InChI=1S/C62H105N2O7P/c1-7-10-13-16-19-22-25-28-30-32-34-36-39-42-45-48-51-54-61(65)63-59(58-70-72(67,68)69-57-56-64(4,5)6)60(53-50-47-44-41-38-27-24-21-18-15-12-9-3)71-62(66)55-52-49-46-43-40-37-35-33-31-29-26-23-20-17-14-11-8-2/h11,14,17,19-20,22-23,26,28-31,33-37,40,50,53,59-60H,7-10,12-13,15-16,18,21,24-25,27,32,38-39,41-49,51-52,54-58H2,1-6H3,(H-,63,65,67,68)/p+1/b14-11-,20-17+,22-19-,26-23+,30-28-,31-29-,35-33+,36-34-,40-37+,53-50+. The highest BCUT2D eigenvalue weighted by atomic mass is 31.2. The molecule has 3 unspecified atom stereocenters. The third kappa shape index (κ3) is 51.3. The van der Waals surface area contributed by atoms with E-state index in [1.54, 1.807) is 0 Å². The number of esters is 1. The van der Waals surface area contributed by atoms with E-state index in [2.05, 4.69) is 74.7 Å². The first-order valence-corrected chi connectivity index (χ1v) is 29.9. The predicted molar refractivity (Wildman–Crippen MR) is 309 cm³/mol. The number of carbonyl (C=O) groups excluding carboxylic acids is 2. The van der Waals surface area contributed by atoms with Crippen LogP contribution in [0.15, 0.2) is 122 Å². The molecule has 0 saturated heterocycles. The van der Waals surface area contributed by atoms with Crippen LogP contribution in [-0.4, -0.2) is 74.3 Å². The summed E-state index contributed by atoms with van der Waals surface area (Å²) in [5.41, 5.74) is 0. The van der Waals surface area contributed by atoms with Crippen LogP contribution in [0.3, 0.4) is 0 Å². The SMILES string of the molecule is CC\C=C/C=C/C=C/C=C\C=C\C=C\CCCCCC(=O)OC(/C=C/CCCCCCCCCCCC)C(COP(=O)(O)OCC[N+](C)(C)C)NC(=O)CCCCCC/C=C\C/C=C\C/C=C\CCCCC. The third-order valence-electron chi connectivity index (χ3n) is 11.8. The van der Waals surface area contributed by atoms with Gasteiger partial charge in [0.15, 0.2) is 0 Å². The van der Waals surface area contributed by atoms with Gasteiger partial charge in [-0.05, 0) is 89.5 Å². The van der Waals surface area contributed by atoms with Gasteiger partial charge in [0.25, 0.3) is 0 Å². The fourth-order valence-corrected chi connectivity index (χ4v) is 8.12. The summed E-state index contributed by atoms with van der Waals surface area (Å²) < 4.78 is 30.5. The Morgan fingerprint density at radius 1 is 0.514 bits per heavy atom. The van der Waals surface area contributed by atoms with Crippen LogP contribution in [-0.2, 0) is 27.9 Å². The van der Waals surface area contributed by atoms with E-state index < -0.39 is 20.0 Å². The zero-order valence-corrected chi connectivity index (χ0v) is 47.5. The Labute approximate surface area is 442 Å². The lowest BCUT2D eigenvalue weighted by atomic mass is 10.1. The lowest BCUT2D eigenvalue weighted by molar-refractivity contribution is -0.870. The second-order valence-electron chi connectivity index (χ2n) is 19.9. The normalized spacial score (nSPS) is 14.7. The number of hydrogen-bond acceptors (Lipinski definition) is 6. The molecule has 0 fully saturated rings. The molecule has 0 aliphatic rings. The van der Waals surface area contributed by atoms with Crippen LogP contribution >= 0.6 is 7.82 Å². The van der Waals surface area contributed by atoms with Crippen molar-refractivity contribution in [1.29, 1.82) is 0 Å². The molecule has 0 aliphatic carbocycles. The van der Waals surface area contributed by atoms with Crippen molar-refractivity contribution in [3.05, 3.63) is 122 Å². The number of rotatable bonds is 49. The lowest BCUT2D eigenvalue weighted by Gasteiger charge is -2.27. The highest BCUT2D eigenvalue weighted by Crippen LogP contribution is 2.43. The number of phosphoric acid groups is 1. The molecule has 9 nitrogen and oxygen atoms in total. The van der Waals surface area contributed by atoms with Crippen LogP contribution in [0.4, 0.5) is 0 Å². The summed E-state index contributed by atoms with van der Waals surface area (Å²) in [5.74, 6) is -0.593. The summed E-state index contributed by atoms with van der Waals surface area (Å²) in [7, 11) is 1.43. The molecule has 0 heterocycles. The number of allylic oxidation sites excluding steroid dienone is 19. The number of nitrogens with one attached hydrogen (secondary N) is 1. The van der Waals surface area contributed by atoms with Crippen LogP contribution in [0.5, 0.6) is 0 Å². The number of likely N-dealkylation sites (N-methyl/N-ethyl adjacent to an activating group) is 1. The van der Waals surface area contributed by atoms with Crippen LogP contribution in [0.2, 0.25) is 0 Å². The van der Waals surface area contributed by atoms with Gasteiger partial charge >= 0.3 is 13.8 Å². The number of phosphoric ester groups is 1. The predicted octanol–water partition coefficient (Wildman–Crippen LogP) is 17.2. The van der Waals surface area contributed by atoms with Crippen molar-refractivity contribution in [3.63, 3.8) is 0 Å². The Morgan fingerprint density at radius 2 is 0.944 bits per heavy atom. The number of quaternary nitrogens is 1. The minimum atomic E-state index is -4.47. The summed E-state index contributed by atoms with van der Waals surface area (Å²) >= 11 is 0. The Kier molecular flexibility index (Phi) is 48.4. The number of carbonyl (C=O) groups is 2. The fraction of sp³-hybridized carbons (Fsp3) is 0.645. The van der Waals surface area contributed by atoms with Gasteiger partial charge < -0.3 is 19.4 Å². The molecule has 0 radical (unpaired) electrons. The first-order chi connectivity index (χ1) is 34.9. The van der Waals surface area contributed by atoms with E-state index in [-0.39, 0.29) is 37.9 Å². The maximum absolute atomic E-state index is 13.5. The quantitative estimate of drug-likeness (QED) is 0.0156. The van der Waals surface area contributed by atoms with Gasteiger partial charge in [0, 0.05) is 12.8 Å². The number of ether oxygens (including phenoxy) is 1. The third-order valence-corrected chi connectivity index (χ3v) is 12.8. The molecule has 72 heavy (non-hydrogen) atoms. The van der Waals surface area contributed by atoms with Crippen LogP contribution in [0, 0.1) is 0 Å². The van der Waals surface area contributed by atoms with Crippen molar-refractivity contribution >= 4 is 19.7 Å². The molecular weight excluding hydrogens is 916 g/mol. The molecule has 0 aliphatic heterocycles. The Balaban J connectivity index is 5.51. The molecule has 0 saturated carbocycles. The van der Waals surface area contributed by atoms with Crippen LogP contribution in [0.1, 0.15) is 207 Å². The molecule has 2 N–H and O–H groups in total. The first kappa shape index (κ1) is 68.4. The number of nitrogens with zero attached hydrogens (tertiary/aromatic N) is 1. The lowest BCUT2D eigenvalue weighted by Crippen LogP contribution is -2.47. The van der Waals surface area contributed by atoms with Crippen molar-refractivity contribution < 1.29 is 37.3 Å². The number of unbranched alkanes of at least 4 members (excludes halogenated alkanes) is 20. The molecule has 0 rings (SSSR count). The van der Waals surface area contributed by atoms with Crippen molar-refractivity contribution in [2.75, 3.05) is 40.9 Å². The van der Waals surface area contributed by atoms with E-state index in [9.17, 15) is 19.0 Å². The summed E-state index contributed by atoms with van der Waals surface area (Å²) in [6.07, 6.45) is 70.5. The molecule has 0 aromatic heterocycles. The zero-order valence-electron chi connectivity index (χ0n) is 46.6. The molecule has 1 amide bonds. The summed E-state index contributed by atoms with van der Waals surface area (Å²) in [6.45, 7) is 6.76. The highest BCUT2D eigenvalue weighted by Gasteiger charge is 2.30. The van der Waals surface area contributed by atoms with Gasteiger partial charge in [-0.3, -0.25) is 18.6 Å². The fourth-order valence-electron chi connectivity index (χ4n) is 7.39. The monoisotopic (exact) mass is 1020 g/mol. The summed E-state index contributed by atoms with van der Waals surface area (Å²) in [4.78, 5) is 37.6. The second-order valence-corrected chi connectivity index (χ2v) is 21.3. The Hall–Kier alpha value is -3.59.